The number of amides is 1. The predicted octanol–water partition coefficient (Wildman–Crippen LogP) is 2.51. The van der Waals surface area contributed by atoms with Gasteiger partial charge in [-0.1, -0.05) is 0 Å². The van der Waals surface area contributed by atoms with E-state index in [0.29, 0.717) is 5.92 Å². The van der Waals surface area contributed by atoms with E-state index in [1.807, 2.05) is 44.4 Å². The van der Waals surface area contributed by atoms with E-state index < -0.39 is 5.60 Å². The topological polar surface area (TPSA) is 59.4 Å². The predicted molar refractivity (Wildman–Crippen MR) is 90.2 cm³/mol. The second-order valence-electron chi connectivity index (χ2n) is 7.27. The number of nitrogens with one attached hydrogen (secondary N) is 1. The molecule has 130 valence electrons. The van der Waals surface area contributed by atoms with Crippen LogP contribution in [0.1, 0.15) is 40.0 Å². The molecule has 1 aromatic rings. The van der Waals surface area contributed by atoms with E-state index >= 15 is 0 Å². The molecule has 6 heteroatoms. The molecule has 0 aromatic carbocycles. The highest BCUT2D eigenvalue weighted by Gasteiger charge is 2.26. The average molecular weight is 322 g/mol. The van der Waals surface area contributed by atoms with Crippen molar-refractivity contribution in [1.82, 2.24) is 19.8 Å². The maximum absolute atomic E-state index is 12.0. The molecule has 0 saturated carbocycles. The van der Waals surface area contributed by atoms with Crippen molar-refractivity contribution in [3.8, 4) is 0 Å². The van der Waals surface area contributed by atoms with E-state index in [1.165, 1.54) is 0 Å². The number of imidazole rings is 1. The second kappa shape index (κ2) is 8.34. The van der Waals surface area contributed by atoms with Crippen LogP contribution >= 0.6 is 0 Å². The van der Waals surface area contributed by atoms with E-state index in [1.54, 1.807) is 0 Å². The lowest BCUT2D eigenvalue weighted by Gasteiger charge is -2.33. The van der Waals surface area contributed by atoms with Crippen molar-refractivity contribution in [2.45, 2.75) is 52.2 Å². The molecule has 0 unspecified atom stereocenters. The van der Waals surface area contributed by atoms with Gasteiger partial charge in [-0.2, -0.15) is 0 Å². The Morgan fingerprint density at radius 1 is 1.35 bits per heavy atom. The second-order valence-corrected chi connectivity index (χ2v) is 7.27. The molecule has 0 bridgehead atoms. The molecular formula is C17H30N4O2. The van der Waals surface area contributed by atoms with Crippen molar-refractivity contribution in [3.63, 3.8) is 0 Å². The third-order valence-electron chi connectivity index (χ3n) is 4.03. The number of hydrogen-bond donors (Lipinski definition) is 1. The van der Waals surface area contributed by atoms with Crippen LogP contribution in [0.25, 0.3) is 0 Å². The van der Waals surface area contributed by atoms with E-state index in [0.717, 1.165) is 52.0 Å². The fourth-order valence-corrected chi connectivity index (χ4v) is 2.76. The van der Waals surface area contributed by atoms with Gasteiger partial charge < -0.3 is 19.5 Å². The Hall–Kier alpha value is -1.56. The summed E-state index contributed by atoms with van der Waals surface area (Å²) in [5.74, 6) is 0.655. The fourth-order valence-electron chi connectivity index (χ4n) is 2.76. The molecule has 1 aliphatic heterocycles. The molecule has 1 aromatic heterocycles. The van der Waals surface area contributed by atoms with Gasteiger partial charge in [0, 0.05) is 32.0 Å². The van der Waals surface area contributed by atoms with Gasteiger partial charge in [-0.15, -0.1) is 0 Å². The van der Waals surface area contributed by atoms with Crippen LogP contribution in [0.3, 0.4) is 0 Å². The summed E-state index contributed by atoms with van der Waals surface area (Å²) in [4.78, 5) is 17.9. The Morgan fingerprint density at radius 3 is 2.70 bits per heavy atom. The first-order chi connectivity index (χ1) is 10.9. The monoisotopic (exact) mass is 322 g/mol. The third kappa shape index (κ3) is 6.60. The molecule has 0 radical (unpaired) electrons. The molecule has 1 amide bonds. The number of ether oxygens (including phenoxy) is 1. The van der Waals surface area contributed by atoms with Crippen LogP contribution in [-0.2, 0) is 11.3 Å². The van der Waals surface area contributed by atoms with Crippen LogP contribution in [0.5, 0.6) is 0 Å². The summed E-state index contributed by atoms with van der Waals surface area (Å²) in [5, 5.41) is 3.53. The quantitative estimate of drug-likeness (QED) is 0.818. The summed E-state index contributed by atoms with van der Waals surface area (Å²) in [6.45, 7) is 10.4. The minimum atomic E-state index is -0.412. The molecule has 0 atom stereocenters. The van der Waals surface area contributed by atoms with Gasteiger partial charge in [0.05, 0.1) is 6.33 Å². The molecule has 1 fully saturated rings. The molecule has 0 spiro atoms. The SMILES string of the molecule is CC(C)(C)OC(=O)N1CCC(CNCCCn2ccnc2)CC1. The fraction of sp³-hybridized carbons (Fsp3) is 0.765. The Kier molecular flexibility index (Phi) is 6.45. The highest BCUT2D eigenvalue weighted by atomic mass is 16.6. The number of hydrogen-bond acceptors (Lipinski definition) is 4. The first kappa shape index (κ1) is 17.8. The summed E-state index contributed by atoms with van der Waals surface area (Å²) < 4.78 is 7.52. The maximum Gasteiger partial charge on any atom is 0.410 e. The number of carbonyl (C=O) groups excluding carboxylic acids is 1. The lowest BCUT2D eigenvalue weighted by Crippen LogP contribution is -2.43. The summed E-state index contributed by atoms with van der Waals surface area (Å²) in [6.07, 6.45) is 8.68. The Bertz CT molecular complexity index is 459. The van der Waals surface area contributed by atoms with Gasteiger partial charge in [-0.05, 0) is 59.0 Å². The summed E-state index contributed by atoms with van der Waals surface area (Å²) in [6, 6.07) is 0. The lowest BCUT2D eigenvalue weighted by atomic mass is 9.97. The molecule has 1 N–H and O–H groups in total. The first-order valence-electron chi connectivity index (χ1n) is 8.58. The number of rotatable bonds is 6. The van der Waals surface area contributed by atoms with E-state index in [9.17, 15) is 4.79 Å². The number of nitrogens with zero attached hydrogens (tertiary/aromatic N) is 3. The number of likely N-dealkylation sites (tertiary alicyclic amines) is 1. The van der Waals surface area contributed by atoms with Gasteiger partial charge in [-0.25, -0.2) is 9.78 Å². The van der Waals surface area contributed by atoms with Crippen LogP contribution in [-0.4, -0.2) is 52.3 Å². The largest absolute Gasteiger partial charge is 0.444 e. The van der Waals surface area contributed by atoms with E-state index in [-0.39, 0.29) is 6.09 Å². The van der Waals surface area contributed by atoms with Crippen molar-refractivity contribution >= 4 is 6.09 Å². The van der Waals surface area contributed by atoms with Crippen LogP contribution < -0.4 is 5.32 Å². The smallest absolute Gasteiger partial charge is 0.410 e. The maximum atomic E-state index is 12.0. The lowest BCUT2D eigenvalue weighted by molar-refractivity contribution is 0.0184. The zero-order valence-corrected chi connectivity index (χ0v) is 14.6. The van der Waals surface area contributed by atoms with E-state index in [4.69, 9.17) is 4.74 Å². The number of aromatic nitrogens is 2. The number of aryl methyl sites for hydroxylation is 1. The van der Waals surface area contributed by atoms with E-state index in [2.05, 4.69) is 14.9 Å². The Balaban J connectivity index is 1.55. The summed E-state index contributed by atoms with van der Waals surface area (Å²) in [5.41, 5.74) is -0.412. The number of carbonyl (C=O) groups is 1. The molecule has 2 rings (SSSR count). The van der Waals surface area contributed by atoms with Gasteiger partial charge in [0.25, 0.3) is 0 Å². The van der Waals surface area contributed by atoms with Crippen molar-refractivity contribution in [2.75, 3.05) is 26.2 Å². The van der Waals surface area contributed by atoms with Crippen molar-refractivity contribution in [1.29, 1.82) is 0 Å². The molecular weight excluding hydrogens is 292 g/mol. The Labute approximate surface area is 139 Å². The molecule has 2 heterocycles. The van der Waals surface area contributed by atoms with Crippen LogP contribution in [0.2, 0.25) is 0 Å². The third-order valence-corrected chi connectivity index (χ3v) is 4.03. The van der Waals surface area contributed by atoms with Gasteiger partial charge >= 0.3 is 6.09 Å². The van der Waals surface area contributed by atoms with Gasteiger partial charge in [0.1, 0.15) is 5.60 Å². The van der Waals surface area contributed by atoms with Crippen LogP contribution in [0.4, 0.5) is 4.79 Å². The summed E-state index contributed by atoms with van der Waals surface area (Å²) in [7, 11) is 0. The molecule has 0 aliphatic carbocycles. The zero-order valence-electron chi connectivity index (χ0n) is 14.6. The van der Waals surface area contributed by atoms with Crippen LogP contribution in [0, 0.1) is 5.92 Å². The average Bonchev–Trinajstić information content (AvgIpc) is 2.99. The highest BCUT2D eigenvalue weighted by Crippen LogP contribution is 2.19. The molecule has 6 nitrogen and oxygen atoms in total. The minimum absolute atomic E-state index is 0.177. The summed E-state index contributed by atoms with van der Waals surface area (Å²) >= 11 is 0. The van der Waals surface area contributed by atoms with Crippen LogP contribution in [0.15, 0.2) is 18.7 Å². The van der Waals surface area contributed by atoms with Crippen molar-refractivity contribution < 1.29 is 9.53 Å². The van der Waals surface area contributed by atoms with Gasteiger partial charge in [0.15, 0.2) is 0 Å². The van der Waals surface area contributed by atoms with Crippen molar-refractivity contribution in [2.24, 2.45) is 5.92 Å². The van der Waals surface area contributed by atoms with Gasteiger partial charge in [0.2, 0.25) is 0 Å². The van der Waals surface area contributed by atoms with Gasteiger partial charge in [-0.3, -0.25) is 0 Å². The minimum Gasteiger partial charge on any atom is -0.444 e. The molecule has 1 aliphatic rings. The zero-order chi connectivity index (χ0) is 16.7. The normalized spacial score (nSPS) is 16.6. The standard InChI is InChI=1S/C17H30N4O2/c1-17(2,3)23-16(22)21-10-5-15(6-11-21)13-18-7-4-9-20-12-8-19-14-20/h8,12,14-15,18H,4-7,9-11,13H2,1-3H3. The highest BCUT2D eigenvalue weighted by molar-refractivity contribution is 5.68. The number of piperidine rings is 1. The van der Waals surface area contributed by atoms with Crippen molar-refractivity contribution in [3.05, 3.63) is 18.7 Å². The first-order valence-corrected chi connectivity index (χ1v) is 8.58. The Morgan fingerprint density at radius 2 is 2.09 bits per heavy atom. The molecule has 23 heavy (non-hydrogen) atoms. The molecule has 1 saturated heterocycles.